The fraction of sp³-hybridized carbons (Fsp3) is 0.111. The Labute approximate surface area is 139 Å². The van der Waals surface area contributed by atoms with Gasteiger partial charge in [-0.05, 0) is 42.8 Å². The van der Waals surface area contributed by atoms with Gasteiger partial charge in [-0.15, -0.1) is 0 Å². The molecule has 2 aromatic carbocycles. The van der Waals surface area contributed by atoms with Gasteiger partial charge in [-0.1, -0.05) is 41.9 Å². The molecule has 1 aromatic heterocycles. The van der Waals surface area contributed by atoms with Crippen LogP contribution in [0.25, 0.3) is 23.5 Å². The van der Waals surface area contributed by atoms with Gasteiger partial charge in [-0.3, -0.25) is 0 Å². The quantitative estimate of drug-likeness (QED) is 0.768. The lowest BCUT2D eigenvalue weighted by Crippen LogP contribution is -1.99. The molecule has 0 spiro atoms. The van der Waals surface area contributed by atoms with E-state index in [0.717, 1.165) is 5.56 Å². The summed E-state index contributed by atoms with van der Waals surface area (Å²) in [6, 6.07) is 14.7. The van der Waals surface area contributed by atoms with Gasteiger partial charge in [0.25, 0.3) is 0 Å². The molecule has 0 aliphatic heterocycles. The first-order valence-electron chi connectivity index (χ1n) is 7.35. The van der Waals surface area contributed by atoms with Crippen LogP contribution in [0, 0.1) is 0 Å². The highest BCUT2D eigenvalue weighted by Crippen LogP contribution is 2.27. The smallest absolute Gasteiger partial charge is 0.174 e. The standard InChI is InChI=1S/C18H16ClN3O/c1-2-22-18(14-8-4-6-10-16(14)23)20-17(21-22)12-11-13-7-3-5-9-15(13)19/h3-12,23H,2H2,1H3/b12-11+. The minimum Gasteiger partial charge on any atom is -0.507 e. The molecule has 0 amide bonds. The van der Waals surface area contributed by atoms with Gasteiger partial charge in [0.05, 0.1) is 5.56 Å². The number of aryl methyl sites for hydroxylation is 1. The highest BCUT2D eigenvalue weighted by molar-refractivity contribution is 6.32. The molecule has 0 saturated heterocycles. The lowest BCUT2D eigenvalue weighted by molar-refractivity contribution is 0.476. The average Bonchev–Trinajstić information content (AvgIpc) is 2.97. The maximum atomic E-state index is 10.0. The van der Waals surface area contributed by atoms with Gasteiger partial charge in [0.15, 0.2) is 11.6 Å². The molecule has 0 aliphatic carbocycles. The van der Waals surface area contributed by atoms with Crippen molar-refractivity contribution in [2.75, 3.05) is 0 Å². The van der Waals surface area contributed by atoms with Crippen LogP contribution in [0.15, 0.2) is 48.5 Å². The normalized spacial score (nSPS) is 11.2. The van der Waals surface area contributed by atoms with Crippen LogP contribution in [0.4, 0.5) is 0 Å². The molecule has 1 heterocycles. The number of rotatable bonds is 4. The van der Waals surface area contributed by atoms with Crippen molar-refractivity contribution >= 4 is 23.8 Å². The summed E-state index contributed by atoms with van der Waals surface area (Å²) in [5.41, 5.74) is 1.57. The third-order valence-corrected chi connectivity index (χ3v) is 3.79. The monoisotopic (exact) mass is 325 g/mol. The molecule has 3 rings (SSSR count). The van der Waals surface area contributed by atoms with Crippen LogP contribution in [0.3, 0.4) is 0 Å². The number of hydrogen-bond donors (Lipinski definition) is 1. The number of phenolic OH excluding ortho intramolecular Hbond substituents is 1. The summed E-state index contributed by atoms with van der Waals surface area (Å²) in [5.74, 6) is 1.41. The predicted octanol–water partition coefficient (Wildman–Crippen LogP) is 4.49. The number of aromatic hydroxyl groups is 1. The van der Waals surface area contributed by atoms with Crippen molar-refractivity contribution in [2.24, 2.45) is 0 Å². The van der Waals surface area contributed by atoms with Crippen molar-refractivity contribution in [3.63, 3.8) is 0 Å². The van der Waals surface area contributed by atoms with Crippen LogP contribution in [0.1, 0.15) is 18.3 Å². The minimum absolute atomic E-state index is 0.191. The van der Waals surface area contributed by atoms with Gasteiger partial charge in [0.1, 0.15) is 5.75 Å². The van der Waals surface area contributed by atoms with Crippen molar-refractivity contribution in [1.29, 1.82) is 0 Å². The molecule has 0 unspecified atom stereocenters. The summed E-state index contributed by atoms with van der Waals surface area (Å²) in [4.78, 5) is 4.52. The summed E-state index contributed by atoms with van der Waals surface area (Å²) in [5, 5.41) is 15.2. The van der Waals surface area contributed by atoms with Gasteiger partial charge in [-0.25, -0.2) is 9.67 Å². The highest BCUT2D eigenvalue weighted by Gasteiger charge is 2.12. The van der Waals surface area contributed by atoms with E-state index in [1.807, 2.05) is 55.5 Å². The fourth-order valence-corrected chi connectivity index (χ4v) is 2.49. The Kier molecular flexibility index (Phi) is 4.44. The molecule has 0 bridgehead atoms. The second-order valence-corrected chi connectivity index (χ2v) is 5.39. The molecule has 23 heavy (non-hydrogen) atoms. The van der Waals surface area contributed by atoms with E-state index in [2.05, 4.69) is 10.1 Å². The summed E-state index contributed by atoms with van der Waals surface area (Å²) in [6.45, 7) is 2.65. The lowest BCUT2D eigenvalue weighted by atomic mass is 10.2. The predicted molar refractivity (Wildman–Crippen MR) is 93.2 cm³/mol. The first-order chi connectivity index (χ1) is 11.2. The maximum Gasteiger partial charge on any atom is 0.174 e. The summed E-state index contributed by atoms with van der Waals surface area (Å²) < 4.78 is 1.77. The molecule has 116 valence electrons. The lowest BCUT2D eigenvalue weighted by Gasteiger charge is -2.04. The Hall–Kier alpha value is -2.59. The van der Waals surface area contributed by atoms with Gasteiger partial charge < -0.3 is 5.11 Å². The van der Waals surface area contributed by atoms with E-state index in [-0.39, 0.29) is 5.75 Å². The Bertz CT molecular complexity index is 855. The zero-order valence-corrected chi connectivity index (χ0v) is 13.4. The number of nitrogens with zero attached hydrogens (tertiary/aromatic N) is 3. The van der Waals surface area contributed by atoms with Crippen molar-refractivity contribution < 1.29 is 5.11 Å². The van der Waals surface area contributed by atoms with Gasteiger partial charge in [0.2, 0.25) is 0 Å². The number of benzene rings is 2. The van der Waals surface area contributed by atoms with Crippen molar-refractivity contribution in [1.82, 2.24) is 14.8 Å². The number of phenols is 1. The summed E-state index contributed by atoms with van der Waals surface area (Å²) >= 11 is 6.14. The Morgan fingerprint density at radius 3 is 2.57 bits per heavy atom. The third kappa shape index (κ3) is 3.27. The van der Waals surface area contributed by atoms with Gasteiger partial charge >= 0.3 is 0 Å². The topological polar surface area (TPSA) is 50.9 Å². The highest BCUT2D eigenvalue weighted by atomic mass is 35.5. The molecule has 5 heteroatoms. The van der Waals surface area contributed by atoms with Crippen LogP contribution in [-0.2, 0) is 6.54 Å². The van der Waals surface area contributed by atoms with E-state index in [9.17, 15) is 5.11 Å². The average molecular weight is 326 g/mol. The molecule has 3 aromatic rings. The number of halogens is 1. The van der Waals surface area contributed by atoms with Crippen LogP contribution >= 0.6 is 11.6 Å². The Morgan fingerprint density at radius 2 is 1.83 bits per heavy atom. The van der Waals surface area contributed by atoms with E-state index in [1.165, 1.54) is 0 Å². The van der Waals surface area contributed by atoms with Gasteiger partial charge in [-0.2, -0.15) is 5.10 Å². The molecule has 0 radical (unpaired) electrons. The second-order valence-electron chi connectivity index (χ2n) is 4.98. The van der Waals surface area contributed by atoms with E-state index in [0.29, 0.717) is 28.8 Å². The van der Waals surface area contributed by atoms with Crippen LogP contribution < -0.4 is 0 Å². The largest absolute Gasteiger partial charge is 0.507 e. The van der Waals surface area contributed by atoms with E-state index in [1.54, 1.807) is 16.8 Å². The number of hydrogen-bond acceptors (Lipinski definition) is 3. The first-order valence-corrected chi connectivity index (χ1v) is 7.72. The zero-order chi connectivity index (χ0) is 16.2. The zero-order valence-electron chi connectivity index (χ0n) is 12.6. The van der Waals surface area contributed by atoms with Crippen molar-refractivity contribution in [3.05, 3.63) is 64.9 Å². The molecule has 4 nitrogen and oxygen atoms in total. The molecular weight excluding hydrogens is 310 g/mol. The maximum absolute atomic E-state index is 10.0. The number of para-hydroxylation sites is 1. The van der Waals surface area contributed by atoms with Gasteiger partial charge in [0, 0.05) is 11.6 Å². The minimum atomic E-state index is 0.191. The summed E-state index contributed by atoms with van der Waals surface area (Å²) in [6.07, 6.45) is 3.70. The molecule has 1 N–H and O–H groups in total. The van der Waals surface area contributed by atoms with Crippen LogP contribution in [-0.4, -0.2) is 19.9 Å². The molecule has 0 atom stereocenters. The molecule has 0 fully saturated rings. The van der Waals surface area contributed by atoms with E-state index < -0.39 is 0 Å². The fourth-order valence-electron chi connectivity index (χ4n) is 2.29. The first kappa shape index (κ1) is 15.3. The Morgan fingerprint density at radius 1 is 1.09 bits per heavy atom. The van der Waals surface area contributed by atoms with Crippen LogP contribution in [0.5, 0.6) is 5.75 Å². The molecule has 0 saturated carbocycles. The number of aromatic nitrogens is 3. The van der Waals surface area contributed by atoms with E-state index in [4.69, 9.17) is 11.6 Å². The van der Waals surface area contributed by atoms with Crippen molar-refractivity contribution in [2.45, 2.75) is 13.5 Å². The second kappa shape index (κ2) is 6.67. The SMILES string of the molecule is CCn1nc(/C=C/c2ccccc2Cl)nc1-c1ccccc1O. The third-order valence-electron chi connectivity index (χ3n) is 3.45. The van der Waals surface area contributed by atoms with Crippen LogP contribution in [0.2, 0.25) is 5.02 Å². The molecular formula is C18H16ClN3O. The van der Waals surface area contributed by atoms with E-state index >= 15 is 0 Å². The molecule has 0 aliphatic rings. The van der Waals surface area contributed by atoms with Crippen molar-refractivity contribution in [3.8, 4) is 17.1 Å². The summed E-state index contributed by atoms with van der Waals surface area (Å²) in [7, 11) is 0. The Balaban J connectivity index is 1.97.